The van der Waals surface area contributed by atoms with Crippen LogP contribution < -0.4 is 0 Å². The molecule has 22 heavy (non-hydrogen) atoms. The van der Waals surface area contributed by atoms with Gasteiger partial charge in [0, 0.05) is 18.1 Å². The molecule has 6 heteroatoms. The van der Waals surface area contributed by atoms with Gasteiger partial charge in [-0.25, -0.2) is 8.78 Å². The number of phenols is 2. The number of allylic oxidation sites excluding steroid dienone is 1. The second kappa shape index (κ2) is 6.99. The van der Waals surface area contributed by atoms with Gasteiger partial charge in [-0.15, -0.1) is 0 Å². The first kappa shape index (κ1) is 16.6. The summed E-state index contributed by atoms with van der Waals surface area (Å²) in [6.07, 6.45) is 1.49. The predicted molar refractivity (Wildman–Crippen MR) is 82.4 cm³/mol. The van der Waals surface area contributed by atoms with E-state index in [-0.39, 0.29) is 33.5 Å². The number of halogens is 4. The van der Waals surface area contributed by atoms with Crippen molar-refractivity contribution in [2.45, 2.75) is 12.3 Å². The number of hydrogen-bond acceptors (Lipinski definition) is 2. The summed E-state index contributed by atoms with van der Waals surface area (Å²) in [6.45, 7) is 0. The highest BCUT2D eigenvalue weighted by Gasteiger charge is 2.17. The minimum atomic E-state index is -0.644. The fraction of sp³-hybridized carbons (Fsp3) is 0.125. The van der Waals surface area contributed by atoms with Crippen molar-refractivity contribution in [1.82, 2.24) is 0 Å². The third kappa shape index (κ3) is 4.12. The highest BCUT2D eigenvalue weighted by atomic mass is 35.5. The van der Waals surface area contributed by atoms with Gasteiger partial charge in [0.1, 0.15) is 27.6 Å². The SMILES string of the molecule is Oc1ccc(CC(C=C(Cl)Cl)c2ccc(O)cc2F)c(F)c1. The Hall–Kier alpha value is -1.78. The molecule has 116 valence electrons. The maximum Gasteiger partial charge on any atom is 0.130 e. The molecule has 0 aliphatic rings. The molecular weight excluding hydrogens is 333 g/mol. The van der Waals surface area contributed by atoms with Crippen LogP contribution in [0.25, 0.3) is 0 Å². The second-order valence-electron chi connectivity index (χ2n) is 4.75. The molecule has 2 rings (SSSR count). The van der Waals surface area contributed by atoms with Gasteiger partial charge in [0.2, 0.25) is 0 Å². The van der Waals surface area contributed by atoms with Crippen LogP contribution in [0.5, 0.6) is 11.5 Å². The fourth-order valence-corrected chi connectivity index (χ4v) is 2.47. The second-order valence-corrected chi connectivity index (χ2v) is 5.76. The molecule has 1 atom stereocenters. The Morgan fingerprint density at radius 1 is 1.00 bits per heavy atom. The van der Waals surface area contributed by atoms with E-state index in [4.69, 9.17) is 23.2 Å². The van der Waals surface area contributed by atoms with Gasteiger partial charge >= 0.3 is 0 Å². The topological polar surface area (TPSA) is 40.5 Å². The van der Waals surface area contributed by atoms with Crippen LogP contribution in [0.15, 0.2) is 47.0 Å². The molecule has 1 unspecified atom stereocenters. The summed E-state index contributed by atoms with van der Waals surface area (Å²) in [7, 11) is 0. The van der Waals surface area contributed by atoms with E-state index in [9.17, 15) is 19.0 Å². The van der Waals surface area contributed by atoms with E-state index in [1.807, 2.05) is 0 Å². The van der Waals surface area contributed by atoms with E-state index in [2.05, 4.69) is 0 Å². The quantitative estimate of drug-likeness (QED) is 0.817. The van der Waals surface area contributed by atoms with Gasteiger partial charge in [-0.1, -0.05) is 35.3 Å². The third-order valence-electron chi connectivity index (χ3n) is 3.19. The Bertz CT molecular complexity index is 713. The maximum absolute atomic E-state index is 14.0. The van der Waals surface area contributed by atoms with Crippen LogP contribution in [0.2, 0.25) is 0 Å². The highest BCUT2D eigenvalue weighted by Crippen LogP contribution is 2.31. The van der Waals surface area contributed by atoms with Crippen LogP contribution in [0.1, 0.15) is 17.0 Å². The van der Waals surface area contributed by atoms with Crippen molar-refractivity contribution in [3.05, 3.63) is 69.7 Å². The van der Waals surface area contributed by atoms with Crippen molar-refractivity contribution in [2.75, 3.05) is 0 Å². The smallest absolute Gasteiger partial charge is 0.130 e. The summed E-state index contributed by atoms with van der Waals surface area (Å²) in [5.74, 6) is -2.28. The Labute approximate surface area is 136 Å². The largest absolute Gasteiger partial charge is 0.508 e. The minimum absolute atomic E-state index is 0.0725. The average Bonchev–Trinajstić information content (AvgIpc) is 2.40. The normalized spacial score (nSPS) is 12.0. The molecule has 0 bridgehead atoms. The molecule has 2 nitrogen and oxygen atoms in total. The lowest BCUT2D eigenvalue weighted by atomic mass is 9.91. The van der Waals surface area contributed by atoms with E-state index in [1.165, 1.54) is 30.3 Å². The van der Waals surface area contributed by atoms with Crippen molar-refractivity contribution in [3.63, 3.8) is 0 Å². The first-order valence-electron chi connectivity index (χ1n) is 6.35. The zero-order valence-corrected chi connectivity index (χ0v) is 12.7. The van der Waals surface area contributed by atoms with Gasteiger partial charge in [0.05, 0.1) is 0 Å². The first-order chi connectivity index (χ1) is 10.4. The molecule has 2 N–H and O–H groups in total. The lowest BCUT2D eigenvalue weighted by Gasteiger charge is -2.15. The van der Waals surface area contributed by atoms with Crippen molar-refractivity contribution in [2.24, 2.45) is 0 Å². The summed E-state index contributed by atoms with van der Waals surface area (Å²) in [6, 6.07) is 7.41. The van der Waals surface area contributed by atoms with E-state index in [1.54, 1.807) is 0 Å². The third-order valence-corrected chi connectivity index (χ3v) is 3.44. The van der Waals surface area contributed by atoms with Crippen LogP contribution in [0.4, 0.5) is 8.78 Å². The highest BCUT2D eigenvalue weighted by molar-refractivity contribution is 6.55. The van der Waals surface area contributed by atoms with E-state index >= 15 is 0 Å². The van der Waals surface area contributed by atoms with Crippen molar-refractivity contribution >= 4 is 23.2 Å². The Morgan fingerprint density at radius 2 is 1.59 bits per heavy atom. The van der Waals surface area contributed by atoms with Gasteiger partial charge in [-0.3, -0.25) is 0 Å². The Balaban J connectivity index is 2.40. The molecule has 0 aromatic heterocycles. The lowest BCUT2D eigenvalue weighted by molar-refractivity contribution is 0.465. The van der Waals surface area contributed by atoms with Crippen LogP contribution in [0, 0.1) is 11.6 Å². The first-order valence-corrected chi connectivity index (χ1v) is 7.11. The monoisotopic (exact) mass is 344 g/mol. The van der Waals surface area contributed by atoms with Crippen LogP contribution >= 0.6 is 23.2 Å². The molecule has 0 saturated carbocycles. The molecule has 0 saturated heterocycles. The molecule has 0 amide bonds. The van der Waals surface area contributed by atoms with Crippen LogP contribution in [0.3, 0.4) is 0 Å². The number of rotatable bonds is 4. The van der Waals surface area contributed by atoms with E-state index in [0.717, 1.165) is 12.1 Å². The Kier molecular flexibility index (Phi) is 5.27. The molecule has 2 aromatic carbocycles. The summed E-state index contributed by atoms with van der Waals surface area (Å²) >= 11 is 11.3. The van der Waals surface area contributed by atoms with Crippen LogP contribution in [-0.2, 0) is 6.42 Å². The average molecular weight is 345 g/mol. The zero-order valence-electron chi connectivity index (χ0n) is 11.2. The summed E-state index contributed by atoms with van der Waals surface area (Å²) in [4.78, 5) is 0. The predicted octanol–water partition coefficient (Wildman–Crippen LogP) is 5.02. The van der Waals surface area contributed by atoms with Crippen molar-refractivity contribution in [1.29, 1.82) is 0 Å². The fourth-order valence-electron chi connectivity index (χ4n) is 2.17. The number of phenolic OH excluding ortho intramolecular Hbond substituents is 2. The molecule has 0 radical (unpaired) electrons. The van der Waals surface area contributed by atoms with Gasteiger partial charge in [-0.05, 0) is 35.8 Å². The lowest BCUT2D eigenvalue weighted by Crippen LogP contribution is -2.05. The molecule has 0 aliphatic heterocycles. The Morgan fingerprint density at radius 3 is 2.14 bits per heavy atom. The minimum Gasteiger partial charge on any atom is -0.508 e. The summed E-state index contributed by atoms with van der Waals surface area (Å²) in [5, 5.41) is 18.5. The van der Waals surface area contributed by atoms with Gasteiger partial charge in [-0.2, -0.15) is 0 Å². The summed E-state index contributed by atoms with van der Waals surface area (Å²) < 4.78 is 27.8. The van der Waals surface area contributed by atoms with Gasteiger partial charge < -0.3 is 10.2 Å². The summed E-state index contributed by atoms with van der Waals surface area (Å²) in [5.41, 5.74) is 0.505. The molecule has 0 heterocycles. The number of hydrogen-bond donors (Lipinski definition) is 2. The standard InChI is InChI=1S/C16H12Cl2F2O2/c17-16(18)6-10(13-4-3-12(22)8-15(13)20)5-9-1-2-11(21)7-14(9)19/h1-4,6-8,10,21-22H,5H2. The van der Waals surface area contributed by atoms with Gasteiger partial charge in [0.25, 0.3) is 0 Å². The molecule has 0 spiro atoms. The molecule has 0 fully saturated rings. The maximum atomic E-state index is 14.0. The van der Waals surface area contributed by atoms with E-state index in [0.29, 0.717) is 0 Å². The number of benzene rings is 2. The molecule has 0 aliphatic carbocycles. The van der Waals surface area contributed by atoms with Crippen molar-refractivity contribution in [3.8, 4) is 11.5 Å². The number of aromatic hydroxyl groups is 2. The van der Waals surface area contributed by atoms with Gasteiger partial charge in [0.15, 0.2) is 0 Å². The van der Waals surface area contributed by atoms with E-state index < -0.39 is 17.6 Å². The zero-order chi connectivity index (χ0) is 16.3. The molecule has 2 aromatic rings. The molecular formula is C16H12Cl2F2O2. The van der Waals surface area contributed by atoms with Crippen molar-refractivity contribution < 1.29 is 19.0 Å². The van der Waals surface area contributed by atoms with Crippen LogP contribution in [-0.4, -0.2) is 10.2 Å².